The number of aromatic amines is 1. The second-order valence-electron chi connectivity index (χ2n) is 4.02. The number of aromatic nitrogens is 3. The van der Waals surface area contributed by atoms with Crippen LogP contribution in [0.3, 0.4) is 0 Å². The summed E-state index contributed by atoms with van der Waals surface area (Å²) < 4.78 is 0. The van der Waals surface area contributed by atoms with E-state index in [2.05, 4.69) is 20.3 Å². The highest BCUT2D eigenvalue weighted by atomic mass is 15.3. The first-order valence-corrected chi connectivity index (χ1v) is 5.06. The Morgan fingerprint density at radius 1 is 1.23 bits per heavy atom. The predicted octanol–water partition coefficient (Wildman–Crippen LogP) is 0.715. The Kier molecular flexibility index (Phi) is 1.62. The molecule has 4 heteroatoms. The number of rotatable bonds is 1. The summed E-state index contributed by atoms with van der Waals surface area (Å²) in [5, 5.41) is 11.0. The Labute approximate surface area is 77.3 Å². The molecule has 0 bridgehead atoms. The van der Waals surface area contributed by atoms with Crippen molar-refractivity contribution >= 4 is 0 Å². The van der Waals surface area contributed by atoms with Gasteiger partial charge in [0.25, 0.3) is 0 Å². The van der Waals surface area contributed by atoms with Gasteiger partial charge in [-0.05, 0) is 12.8 Å². The summed E-state index contributed by atoms with van der Waals surface area (Å²) in [6.45, 7) is 2.18. The van der Waals surface area contributed by atoms with Gasteiger partial charge in [0.15, 0.2) is 0 Å². The Bertz CT molecular complexity index is 302. The third-order valence-corrected chi connectivity index (χ3v) is 3.28. The summed E-state index contributed by atoms with van der Waals surface area (Å²) in [5.74, 6) is 0. The van der Waals surface area contributed by atoms with Crippen LogP contribution in [0.25, 0.3) is 0 Å². The average Bonchev–Trinajstić information content (AvgIpc) is 2.47. The molecule has 0 saturated heterocycles. The van der Waals surface area contributed by atoms with E-state index in [1.807, 2.05) is 0 Å². The van der Waals surface area contributed by atoms with Crippen molar-refractivity contribution < 1.29 is 0 Å². The molecule has 1 aromatic heterocycles. The van der Waals surface area contributed by atoms with Crippen molar-refractivity contribution in [3.05, 3.63) is 11.4 Å². The zero-order chi connectivity index (χ0) is 8.67. The van der Waals surface area contributed by atoms with Crippen LogP contribution in [-0.4, -0.2) is 32.9 Å². The van der Waals surface area contributed by atoms with Gasteiger partial charge in [0.05, 0.1) is 11.4 Å². The Balaban J connectivity index is 1.76. The maximum atomic E-state index is 4.17. The largest absolute Gasteiger partial charge is 0.294 e. The predicted molar refractivity (Wildman–Crippen MR) is 48.1 cm³/mol. The summed E-state index contributed by atoms with van der Waals surface area (Å²) in [4.78, 5) is 2.55. The summed E-state index contributed by atoms with van der Waals surface area (Å²) in [5.41, 5.74) is 2.34. The molecule has 2 heterocycles. The van der Waals surface area contributed by atoms with E-state index in [0.29, 0.717) is 0 Å². The number of hydrogen-bond acceptors (Lipinski definition) is 3. The van der Waals surface area contributed by atoms with Crippen LogP contribution in [0.4, 0.5) is 0 Å². The molecule has 0 atom stereocenters. The molecule has 1 N–H and O–H groups in total. The lowest BCUT2D eigenvalue weighted by Crippen LogP contribution is -2.43. The molecule has 1 saturated carbocycles. The molecule has 0 amide bonds. The lowest BCUT2D eigenvalue weighted by molar-refractivity contribution is 0.111. The van der Waals surface area contributed by atoms with E-state index >= 15 is 0 Å². The normalized spacial score (nSPS) is 24.0. The van der Waals surface area contributed by atoms with Crippen molar-refractivity contribution in [2.24, 2.45) is 0 Å². The fourth-order valence-electron chi connectivity index (χ4n) is 2.19. The fourth-order valence-corrected chi connectivity index (χ4v) is 2.19. The van der Waals surface area contributed by atoms with Gasteiger partial charge in [-0.15, -0.1) is 0 Å². The van der Waals surface area contributed by atoms with Crippen molar-refractivity contribution in [2.45, 2.75) is 38.3 Å². The highest BCUT2D eigenvalue weighted by molar-refractivity contribution is 5.12. The van der Waals surface area contributed by atoms with E-state index in [4.69, 9.17) is 0 Å². The van der Waals surface area contributed by atoms with Gasteiger partial charge in [-0.3, -0.25) is 4.90 Å². The molecule has 2 aliphatic rings. The zero-order valence-electron chi connectivity index (χ0n) is 7.66. The average molecular weight is 178 g/mol. The first kappa shape index (κ1) is 7.50. The molecule has 0 spiro atoms. The lowest BCUT2D eigenvalue weighted by atomic mass is 9.90. The van der Waals surface area contributed by atoms with Crippen LogP contribution in [0.15, 0.2) is 0 Å². The molecule has 70 valence electrons. The molecule has 0 radical (unpaired) electrons. The van der Waals surface area contributed by atoms with Crippen molar-refractivity contribution in [3.8, 4) is 0 Å². The fraction of sp³-hybridized carbons (Fsp3) is 0.778. The SMILES string of the molecule is C1CC(N2CCc3n[nH]nc3C2)C1. The van der Waals surface area contributed by atoms with Crippen molar-refractivity contribution in [1.82, 2.24) is 20.3 Å². The topological polar surface area (TPSA) is 44.8 Å². The Hall–Kier alpha value is -0.900. The summed E-state index contributed by atoms with van der Waals surface area (Å²) in [6.07, 6.45) is 5.25. The van der Waals surface area contributed by atoms with E-state index in [9.17, 15) is 0 Å². The molecule has 13 heavy (non-hydrogen) atoms. The third kappa shape index (κ3) is 1.16. The monoisotopic (exact) mass is 178 g/mol. The van der Waals surface area contributed by atoms with E-state index in [-0.39, 0.29) is 0 Å². The first-order valence-electron chi connectivity index (χ1n) is 5.06. The quantitative estimate of drug-likeness (QED) is 0.689. The van der Waals surface area contributed by atoms with Crippen LogP contribution < -0.4 is 0 Å². The van der Waals surface area contributed by atoms with E-state index < -0.39 is 0 Å². The van der Waals surface area contributed by atoms with E-state index in [1.165, 1.54) is 31.5 Å². The highest BCUT2D eigenvalue weighted by Crippen LogP contribution is 2.28. The van der Waals surface area contributed by atoms with Crippen LogP contribution in [0, 0.1) is 0 Å². The summed E-state index contributed by atoms with van der Waals surface area (Å²) in [6, 6.07) is 0.838. The second kappa shape index (κ2) is 2.80. The maximum Gasteiger partial charge on any atom is 0.0997 e. The van der Waals surface area contributed by atoms with E-state index in [0.717, 1.165) is 24.7 Å². The number of fused-ring (bicyclic) bond motifs is 1. The van der Waals surface area contributed by atoms with Crippen molar-refractivity contribution in [2.75, 3.05) is 6.54 Å². The number of nitrogens with zero attached hydrogens (tertiary/aromatic N) is 3. The summed E-state index contributed by atoms with van der Waals surface area (Å²) >= 11 is 0. The third-order valence-electron chi connectivity index (χ3n) is 3.28. The molecule has 0 aromatic carbocycles. The Morgan fingerprint density at radius 2 is 2.08 bits per heavy atom. The second-order valence-corrected chi connectivity index (χ2v) is 4.02. The minimum Gasteiger partial charge on any atom is -0.294 e. The molecular weight excluding hydrogens is 164 g/mol. The number of nitrogens with one attached hydrogen (secondary N) is 1. The molecule has 4 nitrogen and oxygen atoms in total. The lowest BCUT2D eigenvalue weighted by Gasteiger charge is -2.38. The smallest absolute Gasteiger partial charge is 0.0997 e. The zero-order valence-corrected chi connectivity index (χ0v) is 7.66. The molecule has 1 fully saturated rings. The maximum absolute atomic E-state index is 4.17. The number of H-pyrrole nitrogens is 1. The molecule has 3 rings (SSSR count). The van der Waals surface area contributed by atoms with Gasteiger partial charge in [0.1, 0.15) is 0 Å². The van der Waals surface area contributed by atoms with Crippen LogP contribution >= 0.6 is 0 Å². The van der Waals surface area contributed by atoms with Crippen molar-refractivity contribution in [3.63, 3.8) is 0 Å². The van der Waals surface area contributed by atoms with Crippen LogP contribution in [-0.2, 0) is 13.0 Å². The molecular formula is C9H14N4. The van der Waals surface area contributed by atoms with Gasteiger partial charge in [-0.1, -0.05) is 6.42 Å². The van der Waals surface area contributed by atoms with Gasteiger partial charge in [-0.2, -0.15) is 15.4 Å². The summed E-state index contributed by atoms with van der Waals surface area (Å²) in [7, 11) is 0. The van der Waals surface area contributed by atoms with Gasteiger partial charge < -0.3 is 0 Å². The minimum absolute atomic E-state index is 0.838. The van der Waals surface area contributed by atoms with Crippen LogP contribution in [0.2, 0.25) is 0 Å². The van der Waals surface area contributed by atoms with E-state index in [1.54, 1.807) is 0 Å². The van der Waals surface area contributed by atoms with Crippen molar-refractivity contribution in [1.29, 1.82) is 0 Å². The highest BCUT2D eigenvalue weighted by Gasteiger charge is 2.29. The molecule has 1 aromatic rings. The van der Waals surface area contributed by atoms with Gasteiger partial charge in [0.2, 0.25) is 0 Å². The van der Waals surface area contributed by atoms with Gasteiger partial charge >= 0.3 is 0 Å². The first-order chi connectivity index (χ1) is 6.43. The van der Waals surface area contributed by atoms with Gasteiger partial charge in [-0.25, -0.2) is 0 Å². The van der Waals surface area contributed by atoms with Gasteiger partial charge in [0, 0.05) is 25.6 Å². The van der Waals surface area contributed by atoms with Crippen LogP contribution in [0.5, 0.6) is 0 Å². The van der Waals surface area contributed by atoms with Crippen LogP contribution in [0.1, 0.15) is 30.7 Å². The molecule has 1 aliphatic heterocycles. The minimum atomic E-state index is 0.838. The Morgan fingerprint density at radius 3 is 2.85 bits per heavy atom. The molecule has 0 unspecified atom stereocenters. The molecule has 1 aliphatic carbocycles. The standard InChI is InChI=1S/C9H14N4/c1-2-7(3-1)13-5-4-8-9(6-13)11-12-10-8/h7H,1-6H2,(H,10,11,12). The number of hydrogen-bond donors (Lipinski definition) is 1.